The van der Waals surface area contributed by atoms with Crippen LogP contribution in [0.1, 0.15) is 55.3 Å². The van der Waals surface area contributed by atoms with Gasteiger partial charge in [-0.05, 0) is 6.92 Å². The molecular formula is C25H26O12. The number of esters is 4. The number of ketones is 2. The molecule has 12 nitrogen and oxygen atoms in total. The molecule has 0 radical (unpaired) electrons. The first kappa shape index (κ1) is 27.5. The van der Waals surface area contributed by atoms with Crippen LogP contribution in [0, 0.1) is 0 Å². The van der Waals surface area contributed by atoms with E-state index in [2.05, 4.69) is 0 Å². The number of ether oxygens (including phenoxy) is 6. The van der Waals surface area contributed by atoms with Crippen molar-refractivity contribution in [2.75, 3.05) is 6.61 Å². The highest BCUT2D eigenvalue weighted by Gasteiger charge is 2.54. The summed E-state index contributed by atoms with van der Waals surface area (Å²) in [5.41, 5.74) is 0.259. The van der Waals surface area contributed by atoms with E-state index in [0.717, 1.165) is 27.7 Å². The summed E-state index contributed by atoms with van der Waals surface area (Å²) in [4.78, 5) is 73.3. The van der Waals surface area contributed by atoms with Gasteiger partial charge in [0.15, 0.2) is 23.8 Å². The van der Waals surface area contributed by atoms with E-state index in [-0.39, 0.29) is 22.5 Å². The lowest BCUT2D eigenvalue weighted by atomic mass is 9.89. The van der Waals surface area contributed by atoms with Crippen LogP contribution in [0.3, 0.4) is 0 Å². The molecule has 0 spiro atoms. The van der Waals surface area contributed by atoms with Gasteiger partial charge in [-0.1, -0.05) is 24.3 Å². The number of carbonyl (C=O) groups is 6. The number of allylic oxidation sites excluding steroid dienone is 2. The van der Waals surface area contributed by atoms with Crippen LogP contribution in [-0.2, 0) is 47.6 Å². The summed E-state index contributed by atoms with van der Waals surface area (Å²) in [5, 5.41) is 0. The second-order valence-electron chi connectivity index (χ2n) is 8.34. The van der Waals surface area contributed by atoms with Gasteiger partial charge in [0, 0.05) is 44.4 Å². The van der Waals surface area contributed by atoms with Gasteiger partial charge in [-0.3, -0.25) is 28.8 Å². The molecule has 0 unspecified atom stereocenters. The number of hydrogen-bond donors (Lipinski definition) is 0. The maximum atomic E-state index is 13.2. The highest BCUT2D eigenvalue weighted by atomic mass is 16.7. The average Bonchev–Trinajstić information content (AvgIpc) is 2.81. The van der Waals surface area contributed by atoms with E-state index in [0.29, 0.717) is 0 Å². The van der Waals surface area contributed by atoms with Gasteiger partial charge < -0.3 is 28.4 Å². The van der Waals surface area contributed by atoms with E-state index >= 15 is 0 Å². The van der Waals surface area contributed by atoms with Crippen molar-refractivity contribution in [1.29, 1.82) is 0 Å². The first-order valence-corrected chi connectivity index (χ1v) is 11.3. The Morgan fingerprint density at radius 3 is 1.81 bits per heavy atom. The average molecular weight is 518 g/mol. The van der Waals surface area contributed by atoms with Crippen LogP contribution < -0.4 is 0 Å². The summed E-state index contributed by atoms with van der Waals surface area (Å²) in [6.07, 6.45) is -7.31. The highest BCUT2D eigenvalue weighted by molar-refractivity contribution is 6.25. The Morgan fingerprint density at radius 2 is 1.27 bits per heavy atom. The molecule has 1 aromatic rings. The molecule has 37 heavy (non-hydrogen) atoms. The quantitative estimate of drug-likeness (QED) is 0.378. The van der Waals surface area contributed by atoms with Crippen molar-refractivity contribution in [1.82, 2.24) is 0 Å². The largest absolute Gasteiger partial charge is 0.463 e. The first-order chi connectivity index (χ1) is 17.4. The van der Waals surface area contributed by atoms with Crippen LogP contribution in [0.15, 0.2) is 35.6 Å². The van der Waals surface area contributed by atoms with Gasteiger partial charge in [-0.25, -0.2) is 0 Å². The van der Waals surface area contributed by atoms with Crippen molar-refractivity contribution in [3.63, 3.8) is 0 Å². The molecular weight excluding hydrogens is 492 g/mol. The number of hydrogen-bond acceptors (Lipinski definition) is 12. The summed E-state index contributed by atoms with van der Waals surface area (Å²) < 4.78 is 32.7. The van der Waals surface area contributed by atoms with Crippen LogP contribution in [0.5, 0.6) is 0 Å². The minimum absolute atomic E-state index is 0.0310. The fraction of sp³-hybridized carbons (Fsp3) is 0.440. The second-order valence-corrected chi connectivity index (χ2v) is 8.34. The summed E-state index contributed by atoms with van der Waals surface area (Å²) in [6, 6.07) is 6.15. The highest BCUT2D eigenvalue weighted by Crippen LogP contribution is 2.34. The van der Waals surface area contributed by atoms with Gasteiger partial charge in [0.05, 0.1) is 0 Å². The summed E-state index contributed by atoms with van der Waals surface area (Å²) in [7, 11) is 0. The molecule has 5 atom stereocenters. The number of fused-ring (bicyclic) bond motifs is 1. The molecule has 1 aromatic carbocycles. The van der Waals surface area contributed by atoms with Crippen LogP contribution >= 0.6 is 0 Å². The van der Waals surface area contributed by atoms with Gasteiger partial charge >= 0.3 is 23.9 Å². The van der Waals surface area contributed by atoms with Crippen LogP contribution in [-0.4, -0.2) is 72.8 Å². The summed E-state index contributed by atoms with van der Waals surface area (Å²) in [6.45, 7) is 5.30. The molecule has 0 N–H and O–H groups in total. The minimum Gasteiger partial charge on any atom is -0.463 e. The van der Waals surface area contributed by atoms with E-state index in [4.69, 9.17) is 28.4 Å². The zero-order valence-electron chi connectivity index (χ0n) is 20.8. The predicted molar refractivity (Wildman–Crippen MR) is 121 cm³/mol. The Bertz CT molecular complexity index is 1170. The lowest BCUT2D eigenvalue weighted by Gasteiger charge is -2.44. The molecule has 1 aliphatic heterocycles. The van der Waals surface area contributed by atoms with Gasteiger partial charge in [0.1, 0.15) is 12.7 Å². The minimum atomic E-state index is -1.63. The van der Waals surface area contributed by atoms with E-state index in [9.17, 15) is 28.8 Å². The standard InChI is InChI=1S/C25H26O12/c1-11-19(30)16-8-6-7-9-17(16)20(31)21(11)37-25-24(35-15(5)29)23(34-14(4)28)22(33-13(3)27)18(36-25)10-32-12(2)26/h6-9,18,22-25H,10H2,1-5H3/t18-,22-,23+,24-,25-/m1/s1. The van der Waals surface area contributed by atoms with Gasteiger partial charge in [-0.2, -0.15) is 0 Å². The molecule has 1 heterocycles. The number of Topliss-reactive ketones (excluding diaryl/α,β-unsaturated/α-hetero) is 2. The van der Waals surface area contributed by atoms with Crippen LogP contribution in [0.25, 0.3) is 0 Å². The van der Waals surface area contributed by atoms with E-state index < -0.39 is 72.8 Å². The van der Waals surface area contributed by atoms with Gasteiger partial charge in [0.2, 0.25) is 18.2 Å². The van der Waals surface area contributed by atoms with E-state index in [1.165, 1.54) is 19.1 Å². The first-order valence-electron chi connectivity index (χ1n) is 11.3. The van der Waals surface area contributed by atoms with Crippen molar-refractivity contribution in [3.05, 3.63) is 46.7 Å². The third kappa shape index (κ3) is 6.20. The topological polar surface area (TPSA) is 158 Å². The van der Waals surface area contributed by atoms with Crippen molar-refractivity contribution in [3.8, 4) is 0 Å². The normalized spacial score (nSPS) is 25.1. The SMILES string of the molecule is CC(=O)OC[C@H]1O[C@H](OC2=C(C)C(=O)c3ccccc3C2=O)[C@H](OC(C)=O)[C@@H](OC(C)=O)[C@@H]1OC(C)=O. The number of carbonyl (C=O) groups excluding carboxylic acids is 6. The Balaban J connectivity index is 2.06. The van der Waals surface area contributed by atoms with Crippen molar-refractivity contribution >= 4 is 35.4 Å². The molecule has 2 aliphatic rings. The van der Waals surface area contributed by atoms with Crippen LogP contribution in [0.2, 0.25) is 0 Å². The Hall–Kier alpha value is -4.06. The lowest BCUT2D eigenvalue weighted by Crippen LogP contribution is -2.63. The third-order valence-corrected chi connectivity index (χ3v) is 5.49. The summed E-state index contributed by atoms with van der Waals surface area (Å²) >= 11 is 0. The maximum absolute atomic E-state index is 13.2. The Labute approximate surface area is 211 Å². The number of rotatable bonds is 7. The third-order valence-electron chi connectivity index (χ3n) is 5.49. The van der Waals surface area contributed by atoms with Crippen molar-refractivity contribution in [2.45, 2.75) is 65.3 Å². The Kier molecular flexibility index (Phi) is 8.43. The zero-order valence-corrected chi connectivity index (χ0v) is 20.8. The molecule has 12 heteroatoms. The molecule has 0 saturated carbocycles. The monoisotopic (exact) mass is 518 g/mol. The molecule has 1 fully saturated rings. The lowest BCUT2D eigenvalue weighted by molar-refractivity contribution is -0.299. The van der Waals surface area contributed by atoms with Crippen LogP contribution in [0.4, 0.5) is 0 Å². The smallest absolute Gasteiger partial charge is 0.303 e. The van der Waals surface area contributed by atoms with Gasteiger partial charge in [0.25, 0.3) is 0 Å². The molecule has 0 bridgehead atoms. The predicted octanol–water partition coefficient (Wildman–Crippen LogP) is 1.44. The fourth-order valence-electron chi connectivity index (χ4n) is 4.02. The van der Waals surface area contributed by atoms with E-state index in [1.807, 2.05) is 0 Å². The van der Waals surface area contributed by atoms with Crippen molar-refractivity contribution < 1.29 is 57.2 Å². The second kappa shape index (κ2) is 11.3. The van der Waals surface area contributed by atoms with Crippen molar-refractivity contribution in [2.24, 2.45) is 0 Å². The molecule has 1 aliphatic carbocycles. The molecule has 1 saturated heterocycles. The fourth-order valence-corrected chi connectivity index (χ4v) is 4.02. The van der Waals surface area contributed by atoms with Gasteiger partial charge in [-0.15, -0.1) is 0 Å². The molecule has 3 rings (SSSR count). The number of benzene rings is 1. The molecule has 0 amide bonds. The molecule has 198 valence electrons. The Morgan fingerprint density at radius 1 is 0.757 bits per heavy atom. The maximum Gasteiger partial charge on any atom is 0.303 e. The van der Waals surface area contributed by atoms with E-state index in [1.54, 1.807) is 12.1 Å². The zero-order chi connectivity index (χ0) is 27.4. The summed E-state index contributed by atoms with van der Waals surface area (Å²) in [5.74, 6) is -4.58. The molecule has 0 aromatic heterocycles.